The van der Waals surface area contributed by atoms with Gasteiger partial charge in [0, 0.05) is 48.1 Å². The van der Waals surface area contributed by atoms with Gasteiger partial charge in [0.25, 0.3) is 5.91 Å². The van der Waals surface area contributed by atoms with E-state index >= 15 is 0 Å². The highest BCUT2D eigenvalue weighted by atomic mass is 19.4. The number of anilines is 1. The number of amides is 2. The molecule has 8 heteroatoms. The number of fused-ring (bicyclic) bond motifs is 1. The molecule has 2 aromatic carbocycles. The molecule has 0 bridgehead atoms. The van der Waals surface area contributed by atoms with E-state index in [1.54, 1.807) is 30.5 Å². The molecule has 0 saturated heterocycles. The van der Waals surface area contributed by atoms with E-state index in [9.17, 15) is 22.8 Å². The number of nitrogens with one attached hydrogen (secondary N) is 1. The summed E-state index contributed by atoms with van der Waals surface area (Å²) in [6.07, 6.45) is 1.05. The van der Waals surface area contributed by atoms with Crippen molar-refractivity contribution in [2.75, 3.05) is 18.4 Å². The standard InChI is InChI=1S/C25H26F3N3O2/c1-3-12-31(13-4-2)24(33)19-10-11-29-22-15-18(9-8-17(22)14-19)23(32)30-21-7-5-6-20(16-21)25(26,27)28/h5-9,11,14-16H,3-4,10,12-13H2,1-2H3,(H,30,32). The average Bonchev–Trinajstić information content (AvgIpc) is 3.00. The van der Waals surface area contributed by atoms with Gasteiger partial charge < -0.3 is 10.2 Å². The molecular formula is C25H26F3N3O2. The molecule has 174 valence electrons. The van der Waals surface area contributed by atoms with Crippen LogP contribution >= 0.6 is 0 Å². The Kier molecular flexibility index (Phi) is 7.68. The van der Waals surface area contributed by atoms with Crippen molar-refractivity contribution in [3.63, 3.8) is 0 Å². The van der Waals surface area contributed by atoms with Crippen LogP contribution < -0.4 is 5.32 Å². The van der Waals surface area contributed by atoms with E-state index in [4.69, 9.17) is 0 Å². The summed E-state index contributed by atoms with van der Waals surface area (Å²) in [6.45, 7) is 5.42. The molecular weight excluding hydrogens is 431 g/mol. The van der Waals surface area contributed by atoms with Crippen LogP contribution in [-0.4, -0.2) is 36.0 Å². The third-order valence-electron chi connectivity index (χ3n) is 5.16. The normalized spacial score (nSPS) is 13.1. The molecule has 1 aliphatic rings. The van der Waals surface area contributed by atoms with E-state index in [0.717, 1.165) is 25.0 Å². The van der Waals surface area contributed by atoms with Gasteiger partial charge in [0.15, 0.2) is 0 Å². The van der Waals surface area contributed by atoms with Crippen LogP contribution in [0, 0.1) is 0 Å². The molecule has 0 radical (unpaired) electrons. The smallest absolute Gasteiger partial charge is 0.339 e. The van der Waals surface area contributed by atoms with Crippen molar-refractivity contribution in [2.45, 2.75) is 39.3 Å². The Morgan fingerprint density at radius 1 is 1.06 bits per heavy atom. The number of hydrogen-bond acceptors (Lipinski definition) is 3. The lowest BCUT2D eigenvalue weighted by molar-refractivity contribution is -0.137. The molecule has 2 aromatic rings. The molecule has 0 aliphatic carbocycles. The van der Waals surface area contributed by atoms with Gasteiger partial charge >= 0.3 is 6.18 Å². The maximum absolute atomic E-state index is 13.0. The van der Waals surface area contributed by atoms with Crippen molar-refractivity contribution in [1.82, 2.24) is 4.90 Å². The molecule has 5 nitrogen and oxygen atoms in total. The van der Waals surface area contributed by atoms with Gasteiger partial charge in [0.2, 0.25) is 5.91 Å². The van der Waals surface area contributed by atoms with Gasteiger partial charge in [-0.15, -0.1) is 0 Å². The van der Waals surface area contributed by atoms with Crippen LogP contribution in [0.2, 0.25) is 0 Å². The molecule has 0 saturated carbocycles. The SMILES string of the molecule is CCCN(CCC)C(=O)C1=Cc2ccc(C(=O)Nc3cccc(C(F)(F)F)c3)cc2N=CC1. The number of carbonyl (C=O) groups excluding carboxylic acids is 2. The third-order valence-corrected chi connectivity index (χ3v) is 5.16. The summed E-state index contributed by atoms with van der Waals surface area (Å²) in [5.74, 6) is -0.571. The van der Waals surface area contributed by atoms with E-state index in [-0.39, 0.29) is 17.2 Å². The zero-order chi connectivity index (χ0) is 24.0. The van der Waals surface area contributed by atoms with Crippen LogP contribution in [0.5, 0.6) is 0 Å². The first-order chi connectivity index (χ1) is 15.7. The van der Waals surface area contributed by atoms with Crippen molar-refractivity contribution in [2.24, 2.45) is 4.99 Å². The first-order valence-electron chi connectivity index (χ1n) is 10.9. The Labute approximate surface area is 191 Å². The van der Waals surface area contributed by atoms with Crippen molar-refractivity contribution in [1.29, 1.82) is 0 Å². The van der Waals surface area contributed by atoms with E-state index < -0.39 is 17.6 Å². The van der Waals surface area contributed by atoms with Gasteiger partial charge in [-0.25, -0.2) is 0 Å². The van der Waals surface area contributed by atoms with Gasteiger partial charge in [0.1, 0.15) is 0 Å². The molecule has 0 unspecified atom stereocenters. The Bertz CT molecular complexity index is 1080. The van der Waals surface area contributed by atoms with Crippen LogP contribution in [0.3, 0.4) is 0 Å². The number of benzene rings is 2. The first-order valence-corrected chi connectivity index (χ1v) is 10.9. The number of hydrogen-bond donors (Lipinski definition) is 1. The van der Waals surface area contributed by atoms with Crippen LogP contribution in [0.15, 0.2) is 53.0 Å². The fraction of sp³-hybridized carbons (Fsp3) is 0.320. The second kappa shape index (κ2) is 10.5. The fourth-order valence-electron chi connectivity index (χ4n) is 3.59. The van der Waals surface area contributed by atoms with Gasteiger partial charge in [0.05, 0.1) is 11.3 Å². The van der Waals surface area contributed by atoms with Crippen molar-refractivity contribution in [3.8, 4) is 0 Å². The number of aliphatic imine (C=N–C) groups is 1. The highest BCUT2D eigenvalue weighted by Crippen LogP contribution is 2.31. The van der Waals surface area contributed by atoms with Gasteiger partial charge in [-0.3, -0.25) is 14.6 Å². The summed E-state index contributed by atoms with van der Waals surface area (Å²) in [6, 6.07) is 9.29. The van der Waals surface area contributed by atoms with E-state index in [0.29, 0.717) is 36.3 Å². The lowest BCUT2D eigenvalue weighted by Crippen LogP contribution is -2.33. The van der Waals surface area contributed by atoms with Crippen LogP contribution in [0.4, 0.5) is 24.5 Å². The number of halogens is 3. The molecule has 1 N–H and O–H groups in total. The number of nitrogens with zero attached hydrogens (tertiary/aromatic N) is 2. The summed E-state index contributed by atoms with van der Waals surface area (Å²) >= 11 is 0. The molecule has 0 atom stereocenters. The van der Waals surface area contributed by atoms with Gasteiger partial charge in [-0.2, -0.15) is 13.2 Å². The highest BCUT2D eigenvalue weighted by Gasteiger charge is 2.30. The summed E-state index contributed by atoms with van der Waals surface area (Å²) in [5, 5.41) is 2.50. The number of alkyl halides is 3. The fourth-order valence-corrected chi connectivity index (χ4v) is 3.59. The second-order valence-electron chi connectivity index (χ2n) is 7.78. The minimum Gasteiger partial charge on any atom is -0.339 e. The molecule has 1 aliphatic heterocycles. The topological polar surface area (TPSA) is 61.8 Å². The largest absolute Gasteiger partial charge is 0.416 e. The van der Waals surface area contributed by atoms with Crippen molar-refractivity contribution in [3.05, 3.63) is 64.7 Å². The average molecular weight is 457 g/mol. The Balaban J connectivity index is 1.81. The quantitative estimate of drug-likeness (QED) is 0.546. The third kappa shape index (κ3) is 6.09. The van der Waals surface area contributed by atoms with Crippen LogP contribution in [-0.2, 0) is 11.0 Å². The Morgan fingerprint density at radius 2 is 1.79 bits per heavy atom. The van der Waals surface area contributed by atoms with E-state index in [1.165, 1.54) is 12.1 Å². The van der Waals surface area contributed by atoms with E-state index in [2.05, 4.69) is 10.3 Å². The lowest BCUT2D eigenvalue weighted by Gasteiger charge is -2.22. The molecule has 1 heterocycles. The zero-order valence-electron chi connectivity index (χ0n) is 18.6. The summed E-state index contributed by atoms with van der Waals surface area (Å²) in [5.41, 5.74) is 1.32. The molecule has 0 fully saturated rings. The molecule has 0 aromatic heterocycles. The molecule has 2 amide bonds. The van der Waals surface area contributed by atoms with Crippen LogP contribution in [0.1, 0.15) is 54.6 Å². The van der Waals surface area contributed by atoms with Crippen molar-refractivity contribution < 1.29 is 22.8 Å². The maximum atomic E-state index is 13.0. The lowest BCUT2D eigenvalue weighted by atomic mass is 10.0. The molecule has 3 rings (SSSR count). The molecule has 0 spiro atoms. The number of rotatable bonds is 7. The number of carbonyl (C=O) groups is 2. The molecule has 33 heavy (non-hydrogen) atoms. The Morgan fingerprint density at radius 3 is 2.45 bits per heavy atom. The maximum Gasteiger partial charge on any atom is 0.416 e. The zero-order valence-corrected chi connectivity index (χ0v) is 18.6. The van der Waals surface area contributed by atoms with Gasteiger partial charge in [-0.05, 0) is 49.2 Å². The second-order valence-corrected chi connectivity index (χ2v) is 7.78. The monoisotopic (exact) mass is 457 g/mol. The Hall–Kier alpha value is -3.42. The predicted molar refractivity (Wildman–Crippen MR) is 124 cm³/mol. The summed E-state index contributed by atoms with van der Waals surface area (Å²) < 4.78 is 38.8. The van der Waals surface area contributed by atoms with E-state index in [1.807, 2.05) is 18.7 Å². The van der Waals surface area contributed by atoms with Crippen LogP contribution in [0.25, 0.3) is 6.08 Å². The van der Waals surface area contributed by atoms with Gasteiger partial charge in [-0.1, -0.05) is 26.0 Å². The minimum absolute atomic E-state index is 0.0237. The minimum atomic E-state index is -4.50. The summed E-state index contributed by atoms with van der Waals surface area (Å²) in [4.78, 5) is 31.8. The summed E-state index contributed by atoms with van der Waals surface area (Å²) in [7, 11) is 0. The van der Waals surface area contributed by atoms with Crippen molar-refractivity contribution >= 4 is 35.5 Å². The first kappa shape index (κ1) is 24.2. The highest BCUT2D eigenvalue weighted by molar-refractivity contribution is 6.06. The predicted octanol–water partition coefficient (Wildman–Crippen LogP) is 6.10.